The summed E-state index contributed by atoms with van der Waals surface area (Å²) in [6, 6.07) is 19.7. The molecular formula is C19H20N2. The molecule has 1 aromatic heterocycles. The van der Waals surface area contributed by atoms with Crippen LogP contribution in [0, 0.1) is 0 Å². The lowest BCUT2D eigenvalue weighted by Crippen LogP contribution is -2.21. The van der Waals surface area contributed by atoms with E-state index in [0.29, 0.717) is 6.04 Å². The van der Waals surface area contributed by atoms with Gasteiger partial charge >= 0.3 is 0 Å². The van der Waals surface area contributed by atoms with Gasteiger partial charge in [-0.1, -0.05) is 36.4 Å². The molecule has 0 saturated carbocycles. The fraction of sp³-hybridized carbons (Fsp3) is 0.211. The fourth-order valence-electron chi connectivity index (χ4n) is 2.58. The number of nitrogens with zero attached hydrogens (tertiary/aromatic N) is 1. The van der Waals surface area contributed by atoms with Gasteiger partial charge < -0.3 is 5.32 Å². The van der Waals surface area contributed by atoms with Crippen LogP contribution in [0.1, 0.15) is 24.1 Å². The normalized spacial score (nSPS) is 12.4. The maximum atomic E-state index is 4.04. The van der Waals surface area contributed by atoms with Gasteiger partial charge in [-0.05, 0) is 60.0 Å². The SMILES string of the molecule is CC(NCCc1ccncc1)c1ccc2ccccc2c1. The first-order valence-electron chi connectivity index (χ1n) is 7.44. The minimum atomic E-state index is 0.358. The van der Waals surface area contributed by atoms with E-state index < -0.39 is 0 Å². The molecule has 106 valence electrons. The zero-order valence-electron chi connectivity index (χ0n) is 12.3. The van der Waals surface area contributed by atoms with Crippen LogP contribution in [0.2, 0.25) is 0 Å². The van der Waals surface area contributed by atoms with Crippen LogP contribution in [0.3, 0.4) is 0 Å². The molecule has 2 aromatic carbocycles. The third kappa shape index (κ3) is 3.47. The minimum absolute atomic E-state index is 0.358. The van der Waals surface area contributed by atoms with Crippen molar-refractivity contribution >= 4 is 10.8 Å². The highest BCUT2D eigenvalue weighted by Gasteiger charge is 2.05. The predicted molar refractivity (Wildman–Crippen MR) is 88.3 cm³/mol. The summed E-state index contributed by atoms with van der Waals surface area (Å²) in [4.78, 5) is 4.04. The zero-order chi connectivity index (χ0) is 14.5. The summed E-state index contributed by atoms with van der Waals surface area (Å²) in [5.74, 6) is 0. The molecule has 1 N–H and O–H groups in total. The van der Waals surface area contributed by atoms with Gasteiger partial charge in [-0.25, -0.2) is 0 Å². The Morgan fingerprint density at radius 2 is 1.71 bits per heavy atom. The Hall–Kier alpha value is -2.19. The van der Waals surface area contributed by atoms with Gasteiger partial charge in [-0.2, -0.15) is 0 Å². The topological polar surface area (TPSA) is 24.9 Å². The smallest absolute Gasteiger partial charge is 0.0292 e. The minimum Gasteiger partial charge on any atom is -0.310 e. The van der Waals surface area contributed by atoms with Crippen molar-refractivity contribution in [2.75, 3.05) is 6.54 Å². The van der Waals surface area contributed by atoms with Gasteiger partial charge in [0.1, 0.15) is 0 Å². The van der Waals surface area contributed by atoms with Crippen molar-refractivity contribution in [3.63, 3.8) is 0 Å². The highest BCUT2D eigenvalue weighted by Crippen LogP contribution is 2.20. The molecule has 0 saturated heterocycles. The number of nitrogens with one attached hydrogen (secondary N) is 1. The molecule has 3 aromatic rings. The number of pyridine rings is 1. The highest BCUT2D eigenvalue weighted by atomic mass is 14.9. The van der Waals surface area contributed by atoms with Crippen LogP contribution in [-0.2, 0) is 6.42 Å². The van der Waals surface area contributed by atoms with Gasteiger partial charge in [0.05, 0.1) is 0 Å². The third-order valence-electron chi connectivity index (χ3n) is 3.89. The Balaban J connectivity index is 1.62. The molecule has 1 atom stereocenters. The third-order valence-corrected chi connectivity index (χ3v) is 3.89. The lowest BCUT2D eigenvalue weighted by Gasteiger charge is -2.15. The van der Waals surface area contributed by atoms with Crippen LogP contribution in [-0.4, -0.2) is 11.5 Å². The predicted octanol–water partition coefficient (Wildman–Crippen LogP) is 4.13. The molecule has 2 nitrogen and oxygen atoms in total. The zero-order valence-corrected chi connectivity index (χ0v) is 12.3. The molecule has 0 bridgehead atoms. The fourth-order valence-corrected chi connectivity index (χ4v) is 2.58. The summed E-state index contributed by atoms with van der Waals surface area (Å²) in [6.07, 6.45) is 4.73. The van der Waals surface area contributed by atoms with Crippen molar-refractivity contribution in [2.45, 2.75) is 19.4 Å². The second-order valence-corrected chi connectivity index (χ2v) is 5.39. The van der Waals surface area contributed by atoms with E-state index >= 15 is 0 Å². The monoisotopic (exact) mass is 276 g/mol. The van der Waals surface area contributed by atoms with Crippen molar-refractivity contribution in [1.82, 2.24) is 10.3 Å². The van der Waals surface area contributed by atoms with Crippen molar-refractivity contribution in [1.29, 1.82) is 0 Å². The van der Waals surface area contributed by atoms with E-state index in [-0.39, 0.29) is 0 Å². The standard InChI is InChI=1S/C19H20N2/c1-15(21-13-10-16-8-11-20-12-9-16)18-7-6-17-4-2-3-5-19(17)14-18/h2-9,11-12,14-15,21H,10,13H2,1H3. The average Bonchev–Trinajstić information content (AvgIpc) is 2.55. The Morgan fingerprint density at radius 3 is 2.52 bits per heavy atom. The van der Waals surface area contributed by atoms with Crippen molar-refractivity contribution in [3.8, 4) is 0 Å². The Morgan fingerprint density at radius 1 is 0.952 bits per heavy atom. The van der Waals surface area contributed by atoms with Gasteiger partial charge in [0.25, 0.3) is 0 Å². The molecule has 0 spiro atoms. The summed E-state index contributed by atoms with van der Waals surface area (Å²) in [5.41, 5.74) is 2.66. The first-order valence-corrected chi connectivity index (χ1v) is 7.44. The van der Waals surface area contributed by atoms with E-state index in [9.17, 15) is 0 Å². The summed E-state index contributed by atoms with van der Waals surface area (Å²) < 4.78 is 0. The Kier molecular flexibility index (Phi) is 4.27. The molecule has 0 amide bonds. The number of aromatic nitrogens is 1. The summed E-state index contributed by atoms with van der Waals surface area (Å²) in [5, 5.41) is 6.19. The van der Waals surface area contributed by atoms with Crippen LogP contribution < -0.4 is 5.32 Å². The van der Waals surface area contributed by atoms with Gasteiger partial charge in [0.15, 0.2) is 0 Å². The molecule has 3 rings (SSSR count). The molecule has 0 aliphatic carbocycles. The lowest BCUT2D eigenvalue weighted by atomic mass is 10.0. The van der Waals surface area contributed by atoms with Crippen LogP contribution in [0.15, 0.2) is 67.0 Å². The summed E-state index contributed by atoms with van der Waals surface area (Å²) >= 11 is 0. The number of fused-ring (bicyclic) bond motifs is 1. The van der Waals surface area contributed by atoms with Crippen LogP contribution in [0.25, 0.3) is 10.8 Å². The largest absolute Gasteiger partial charge is 0.310 e. The molecule has 21 heavy (non-hydrogen) atoms. The maximum absolute atomic E-state index is 4.04. The Labute approximate surface area is 125 Å². The second kappa shape index (κ2) is 6.51. The average molecular weight is 276 g/mol. The molecule has 0 radical (unpaired) electrons. The number of rotatable bonds is 5. The van der Waals surface area contributed by atoms with Gasteiger partial charge in [-0.3, -0.25) is 4.98 Å². The second-order valence-electron chi connectivity index (χ2n) is 5.39. The van der Waals surface area contributed by atoms with Crippen LogP contribution in [0.4, 0.5) is 0 Å². The molecule has 2 heteroatoms. The molecule has 0 aliphatic heterocycles. The van der Waals surface area contributed by atoms with Gasteiger partial charge in [0.2, 0.25) is 0 Å². The molecular weight excluding hydrogens is 256 g/mol. The van der Waals surface area contributed by atoms with Gasteiger partial charge in [0, 0.05) is 18.4 Å². The van der Waals surface area contributed by atoms with E-state index in [1.165, 1.54) is 21.9 Å². The lowest BCUT2D eigenvalue weighted by molar-refractivity contribution is 0.577. The first kappa shape index (κ1) is 13.8. The summed E-state index contributed by atoms with van der Waals surface area (Å²) in [7, 11) is 0. The maximum Gasteiger partial charge on any atom is 0.0292 e. The molecule has 1 heterocycles. The Bertz CT molecular complexity index is 707. The van der Waals surface area contributed by atoms with Gasteiger partial charge in [-0.15, -0.1) is 0 Å². The van der Waals surface area contributed by atoms with E-state index in [2.05, 4.69) is 71.8 Å². The first-order chi connectivity index (χ1) is 10.3. The van der Waals surface area contributed by atoms with Crippen molar-refractivity contribution in [3.05, 3.63) is 78.1 Å². The molecule has 1 unspecified atom stereocenters. The van der Waals surface area contributed by atoms with E-state index in [1.807, 2.05) is 12.4 Å². The van der Waals surface area contributed by atoms with Crippen LogP contribution in [0.5, 0.6) is 0 Å². The summed E-state index contributed by atoms with van der Waals surface area (Å²) in [6.45, 7) is 3.19. The van der Waals surface area contributed by atoms with E-state index in [4.69, 9.17) is 0 Å². The van der Waals surface area contributed by atoms with Crippen molar-refractivity contribution in [2.24, 2.45) is 0 Å². The van der Waals surface area contributed by atoms with E-state index in [1.54, 1.807) is 0 Å². The molecule has 0 aliphatic rings. The number of hydrogen-bond donors (Lipinski definition) is 1. The highest BCUT2D eigenvalue weighted by molar-refractivity contribution is 5.83. The molecule has 0 fully saturated rings. The van der Waals surface area contributed by atoms with E-state index in [0.717, 1.165) is 13.0 Å². The van der Waals surface area contributed by atoms with Crippen molar-refractivity contribution < 1.29 is 0 Å². The van der Waals surface area contributed by atoms with Crippen LogP contribution >= 0.6 is 0 Å². The quantitative estimate of drug-likeness (QED) is 0.758. The number of hydrogen-bond acceptors (Lipinski definition) is 2. The number of benzene rings is 2.